The number of likely N-dealkylation sites (N-methyl/N-ethyl adjacent to an activating group) is 1. The van der Waals surface area contributed by atoms with Crippen LogP contribution in [-0.2, 0) is 6.54 Å². The summed E-state index contributed by atoms with van der Waals surface area (Å²) in [6.07, 6.45) is 4.53. The third-order valence-corrected chi connectivity index (χ3v) is 3.58. The van der Waals surface area contributed by atoms with Gasteiger partial charge in [-0.2, -0.15) is 0 Å². The zero-order valence-electron chi connectivity index (χ0n) is 9.62. The molecule has 2 heterocycles. The number of nitrogens with zero attached hydrogens (tertiary/aromatic N) is 2. The topological polar surface area (TPSA) is 28.2 Å². The first-order valence-corrected chi connectivity index (χ1v) is 6.56. The van der Waals surface area contributed by atoms with E-state index in [1.165, 1.54) is 24.9 Å². The molecule has 0 spiro atoms. The minimum Gasteiger partial charge on any atom is -0.315 e. The zero-order chi connectivity index (χ0) is 11.4. The summed E-state index contributed by atoms with van der Waals surface area (Å²) < 4.78 is 0.901. The lowest BCUT2D eigenvalue weighted by Crippen LogP contribution is -2.43. The number of piperidine rings is 1. The molecule has 0 radical (unpaired) electrons. The lowest BCUT2D eigenvalue weighted by molar-refractivity contribution is 0.195. The number of rotatable bonds is 3. The summed E-state index contributed by atoms with van der Waals surface area (Å²) in [5, 5.41) is 3.45. The van der Waals surface area contributed by atoms with Crippen molar-refractivity contribution >= 4 is 15.9 Å². The van der Waals surface area contributed by atoms with Crippen LogP contribution in [0.1, 0.15) is 18.4 Å². The monoisotopic (exact) mass is 283 g/mol. The maximum atomic E-state index is 4.25. The maximum absolute atomic E-state index is 4.25. The van der Waals surface area contributed by atoms with Crippen molar-refractivity contribution in [2.24, 2.45) is 0 Å². The molecule has 4 heteroatoms. The van der Waals surface area contributed by atoms with Crippen molar-refractivity contribution in [1.82, 2.24) is 15.2 Å². The van der Waals surface area contributed by atoms with Crippen molar-refractivity contribution in [2.45, 2.75) is 25.4 Å². The molecule has 2 rings (SSSR count). The standard InChI is InChI=1S/C12H18BrN3/c1-16(11-3-2-6-14-8-11)9-10-4-5-12(13)15-7-10/h4-5,7,11,14H,2-3,6,8-9H2,1H3. The lowest BCUT2D eigenvalue weighted by atomic mass is 10.1. The van der Waals surface area contributed by atoms with Gasteiger partial charge in [0.25, 0.3) is 0 Å². The molecular formula is C12H18BrN3. The molecule has 1 aromatic rings. The summed E-state index contributed by atoms with van der Waals surface area (Å²) in [4.78, 5) is 6.67. The third kappa shape index (κ3) is 3.27. The van der Waals surface area contributed by atoms with E-state index in [1.54, 1.807) is 0 Å². The zero-order valence-corrected chi connectivity index (χ0v) is 11.2. The van der Waals surface area contributed by atoms with Crippen LogP contribution < -0.4 is 5.32 Å². The second-order valence-electron chi connectivity index (χ2n) is 4.40. The fraction of sp³-hybridized carbons (Fsp3) is 0.583. The van der Waals surface area contributed by atoms with Gasteiger partial charge >= 0.3 is 0 Å². The van der Waals surface area contributed by atoms with Gasteiger partial charge in [0.1, 0.15) is 4.60 Å². The first-order valence-electron chi connectivity index (χ1n) is 5.77. The highest BCUT2D eigenvalue weighted by atomic mass is 79.9. The summed E-state index contributed by atoms with van der Waals surface area (Å²) in [6, 6.07) is 4.80. The van der Waals surface area contributed by atoms with Crippen LogP contribution in [0, 0.1) is 0 Å². The van der Waals surface area contributed by atoms with Gasteiger partial charge in [0.15, 0.2) is 0 Å². The summed E-state index contributed by atoms with van der Waals surface area (Å²) in [5.41, 5.74) is 1.27. The van der Waals surface area contributed by atoms with Gasteiger partial charge in [0, 0.05) is 25.3 Å². The SMILES string of the molecule is CN(Cc1ccc(Br)nc1)C1CCCNC1. The van der Waals surface area contributed by atoms with Gasteiger partial charge in [-0.05, 0) is 54.0 Å². The van der Waals surface area contributed by atoms with Crippen LogP contribution in [-0.4, -0.2) is 36.1 Å². The Labute approximate surface area is 105 Å². The minimum atomic E-state index is 0.664. The Kier molecular flexibility index (Phi) is 4.32. The molecule has 1 aliphatic heterocycles. The molecule has 0 saturated carbocycles. The number of nitrogens with one attached hydrogen (secondary N) is 1. The highest BCUT2D eigenvalue weighted by molar-refractivity contribution is 9.10. The molecule has 1 atom stereocenters. The number of aromatic nitrogens is 1. The quantitative estimate of drug-likeness (QED) is 0.861. The Bertz CT molecular complexity index is 320. The molecule has 1 unspecified atom stereocenters. The fourth-order valence-electron chi connectivity index (χ4n) is 2.13. The van der Waals surface area contributed by atoms with Crippen LogP contribution >= 0.6 is 15.9 Å². The van der Waals surface area contributed by atoms with Crippen molar-refractivity contribution in [2.75, 3.05) is 20.1 Å². The van der Waals surface area contributed by atoms with E-state index in [9.17, 15) is 0 Å². The highest BCUT2D eigenvalue weighted by Gasteiger charge is 2.17. The van der Waals surface area contributed by atoms with Gasteiger partial charge in [-0.15, -0.1) is 0 Å². The van der Waals surface area contributed by atoms with Crippen molar-refractivity contribution in [3.63, 3.8) is 0 Å². The molecule has 0 amide bonds. The van der Waals surface area contributed by atoms with Gasteiger partial charge in [-0.25, -0.2) is 4.98 Å². The first-order chi connectivity index (χ1) is 7.75. The van der Waals surface area contributed by atoms with E-state index < -0.39 is 0 Å². The number of hydrogen-bond donors (Lipinski definition) is 1. The molecule has 0 bridgehead atoms. The van der Waals surface area contributed by atoms with E-state index in [1.807, 2.05) is 12.3 Å². The predicted molar refractivity (Wildman–Crippen MR) is 69.3 cm³/mol. The summed E-state index contributed by atoms with van der Waals surface area (Å²) in [5.74, 6) is 0. The van der Waals surface area contributed by atoms with Crippen LogP contribution in [0.5, 0.6) is 0 Å². The minimum absolute atomic E-state index is 0.664. The Morgan fingerprint density at radius 2 is 2.44 bits per heavy atom. The van der Waals surface area contributed by atoms with Crippen molar-refractivity contribution in [3.8, 4) is 0 Å². The fourth-order valence-corrected chi connectivity index (χ4v) is 2.36. The molecule has 0 aliphatic carbocycles. The van der Waals surface area contributed by atoms with Crippen LogP contribution in [0.2, 0.25) is 0 Å². The van der Waals surface area contributed by atoms with E-state index in [-0.39, 0.29) is 0 Å². The average Bonchev–Trinajstić information content (AvgIpc) is 2.33. The predicted octanol–water partition coefficient (Wildman–Crippen LogP) is 2.03. The maximum Gasteiger partial charge on any atom is 0.106 e. The van der Waals surface area contributed by atoms with E-state index in [4.69, 9.17) is 0 Å². The van der Waals surface area contributed by atoms with Crippen LogP contribution in [0.25, 0.3) is 0 Å². The smallest absolute Gasteiger partial charge is 0.106 e. The normalized spacial score (nSPS) is 21.3. The second kappa shape index (κ2) is 5.75. The van der Waals surface area contributed by atoms with E-state index >= 15 is 0 Å². The average molecular weight is 284 g/mol. The van der Waals surface area contributed by atoms with E-state index in [2.05, 4.69) is 44.2 Å². The highest BCUT2D eigenvalue weighted by Crippen LogP contribution is 2.13. The largest absolute Gasteiger partial charge is 0.315 e. The van der Waals surface area contributed by atoms with Crippen LogP contribution in [0.15, 0.2) is 22.9 Å². The molecule has 1 aromatic heterocycles. The lowest BCUT2D eigenvalue weighted by Gasteiger charge is -2.31. The van der Waals surface area contributed by atoms with Crippen LogP contribution in [0.4, 0.5) is 0 Å². The van der Waals surface area contributed by atoms with Crippen molar-refractivity contribution in [3.05, 3.63) is 28.5 Å². The first kappa shape index (κ1) is 12.0. The molecule has 88 valence electrons. The molecule has 3 nitrogen and oxygen atoms in total. The van der Waals surface area contributed by atoms with Gasteiger partial charge in [-0.3, -0.25) is 4.90 Å². The summed E-state index contributed by atoms with van der Waals surface area (Å²) in [6.45, 7) is 3.26. The van der Waals surface area contributed by atoms with Gasteiger partial charge in [0.05, 0.1) is 0 Å². The second-order valence-corrected chi connectivity index (χ2v) is 5.22. The van der Waals surface area contributed by atoms with E-state index in [0.717, 1.165) is 17.7 Å². The third-order valence-electron chi connectivity index (χ3n) is 3.11. The Morgan fingerprint density at radius 3 is 3.06 bits per heavy atom. The molecule has 16 heavy (non-hydrogen) atoms. The number of halogens is 1. The van der Waals surface area contributed by atoms with Gasteiger partial charge in [-0.1, -0.05) is 6.07 Å². The summed E-state index contributed by atoms with van der Waals surface area (Å²) in [7, 11) is 2.19. The Morgan fingerprint density at radius 1 is 1.56 bits per heavy atom. The Balaban J connectivity index is 1.90. The van der Waals surface area contributed by atoms with E-state index in [0.29, 0.717) is 6.04 Å². The molecule has 1 fully saturated rings. The molecular weight excluding hydrogens is 266 g/mol. The molecule has 1 aliphatic rings. The molecule has 1 N–H and O–H groups in total. The number of hydrogen-bond acceptors (Lipinski definition) is 3. The molecule has 0 aromatic carbocycles. The van der Waals surface area contributed by atoms with Crippen LogP contribution in [0.3, 0.4) is 0 Å². The van der Waals surface area contributed by atoms with Gasteiger partial charge in [0.2, 0.25) is 0 Å². The molecule has 1 saturated heterocycles. The van der Waals surface area contributed by atoms with Crippen molar-refractivity contribution in [1.29, 1.82) is 0 Å². The van der Waals surface area contributed by atoms with Crippen molar-refractivity contribution < 1.29 is 0 Å². The number of pyridine rings is 1. The summed E-state index contributed by atoms with van der Waals surface area (Å²) >= 11 is 3.35. The van der Waals surface area contributed by atoms with Gasteiger partial charge < -0.3 is 5.32 Å². The Hall–Kier alpha value is -0.450.